The van der Waals surface area contributed by atoms with Gasteiger partial charge in [-0.1, -0.05) is 25.4 Å². The highest BCUT2D eigenvalue weighted by Crippen LogP contribution is 2.35. The molecule has 0 unspecified atom stereocenters. The molecule has 9 nitrogen and oxygen atoms in total. The molecule has 4 aromatic rings. The number of anilines is 2. The van der Waals surface area contributed by atoms with E-state index in [-0.39, 0.29) is 22.5 Å². The largest absolute Gasteiger partial charge is 0.345 e. The SMILES string of the molecule is CC(C)c1c(Cl)nc(-c2ccc(F)cc2)nc1Nc1ccnc2[nH]cc(C(=O)C(=O)N3CCNCC3)c12. The molecule has 5 rings (SSSR count). The van der Waals surface area contributed by atoms with Crippen LogP contribution in [0.3, 0.4) is 0 Å². The van der Waals surface area contributed by atoms with E-state index in [9.17, 15) is 14.0 Å². The van der Waals surface area contributed by atoms with E-state index in [1.165, 1.54) is 18.3 Å². The second kappa shape index (κ2) is 10.2. The highest BCUT2D eigenvalue weighted by molar-refractivity contribution is 6.45. The van der Waals surface area contributed by atoms with E-state index < -0.39 is 11.7 Å². The molecule has 1 aliphatic heterocycles. The summed E-state index contributed by atoms with van der Waals surface area (Å²) in [6.45, 7) is 6.16. The van der Waals surface area contributed by atoms with E-state index in [0.29, 0.717) is 65.7 Å². The summed E-state index contributed by atoms with van der Waals surface area (Å²) in [6.07, 6.45) is 3.10. The van der Waals surface area contributed by atoms with Crippen molar-refractivity contribution in [1.82, 2.24) is 30.2 Å². The van der Waals surface area contributed by atoms with Crippen molar-refractivity contribution >= 4 is 45.8 Å². The Labute approximate surface area is 217 Å². The second-order valence-electron chi connectivity index (χ2n) is 9.04. The molecule has 1 saturated heterocycles. The number of H-pyrrole nitrogens is 1. The Kier molecular flexibility index (Phi) is 6.86. The van der Waals surface area contributed by atoms with Crippen molar-refractivity contribution < 1.29 is 14.0 Å². The highest BCUT2D eigenvalue weighted by Gasteiger charge is 2.28. The van der Waals surface area contributed by atoms with Crippen LogP contribution >= 0.6 is 11.6 Å². The van der Waals surface area contributed by atoms with Crippen LogP contribution in [0.25, 0.3) is 22.4 Å². The van der Waals surface area contributed by atoms with Crippen molar-refractivity contribution in [1.29, 1.82) is 0 Å². The van der Waals surface area contributed by atoms with Crippen LogP contribution in [0.1, 0.15) is 35.7 Å². The number of ketones is 1. The minimum absolute atomic E-state index is 0.0313. The Bertz CT molecular complexity index is 1480. The van der Waals surface area contributed by atoms with Crippen LogP contribution < -0.4 is 10.6 Å². The van der Waals surface area contributed by atoms with Crippen molar-refractivity contribution in [2.45, 2.75) is 19.8 Å². The quantitative estimate of drug-likeness (QED) is 0.197. The van der Waals surface area contributed by atoms with Gasteiger partial charge in [-0.25, -0.2) is 19.3 Å². The molecule has 1 fully saturated rings. The summed E-state index contributed by atoms with van der Waals surface area (Å²) in [4.78, 5) is 44.2. The maximum absolute atomic E-state index is 13.5. The lowest BCUT2D eigenvalue weighted by molar-refractivity contribution is -0.126. The summed E-state index contributed by atoms with van der Waals surface area (Å²) in [5.41, 5.74) is 2.48. The minimum Gasteiger partial charge on any atom is -0.345 e. The average molecular weight is 522 g/mol. The van der Waals surface area contributed by atoms with Crippen molar-refractivity contribution in [3.05, 3.63) is 64.8 Å². The van der Waals surface area contributed by atoms with Crippen molar-refractivity contribution in [2.75, 3.05) is 31.5 Å². The number of hydrogen-bond donors (Lipinski definition) is 3. The van der Waals surface area contributed by atoms with Crippen molar-refractivity contribution in [3.8, 4) is 11.4 Å². The number of Topliss-reactive ketones (excluding diaryl/α,β-unsaturated/α-hetero) is 1. The smallest absolute Gasteiger partial charge is 0.295 e. The molecule has 3 aromatic heterocycles. The molecule has 4 heterocycles. The van der Waals surface area contributed by atoms with Crippen LogP contribution in [0.15, 0.2) is 42.7 Å². The Morgan fingerprint density at radius 1 is 1.11 bits per heavy atom. The van der Waals surface area contributed by atoms with Gasteiger partial charge in [0, 0.05) is 49.7 Å². The fourth-order valence-corrected chi connectivity index (χ4v) is 4.76. The number of carbonyl (C=O) groups excluding carboxylic acids is 2. The van der Waals surface area contributed by atoms with Gasteiger partial charge in [-0.2, -0.15) is 0 Å². The van der Waals surface area contributed by atoms with Gasteiger partial charge in [0.2, 0.25) is 0 Å². The summed E-state index contributed by atoms with van der Waals surface area (Å²) >= 11 is 6.59. The van der Waals surface area contributed by atoms with Gasteiger partial charge in [-0.15, -0.1) is 0 Å². The first-order valence-corrected chi connectivity index (χ1v) is 12.3. The Morgan fingerprint density at radius 2 is 1.84 bits per heavy atom. The van der Waals surface area contributed by atoms with Crippen molar-refractivity contribution in [3.63, 3.8) is 0 Å². The number of fused-ring (bicyclic) bond motifs is 1. The Balaban J connectivity index is 1.57. The van der Waals surface area contributed by atoms with Gasteiger partial charge in [0.05, 0.1) is 16.6 Å². The first-order valence-electron chi connectivity index (χ1n) is 11.9. The standard InChI is InChI=1S/C26H25ClFN7O2/c1-14(2)19-22(27)33-23(15-3-5-16(28)6-4-15)34-25(19)32-18-7-8-30-24-20(18)17(13-31-24)21(36)26(37)35-11-9-29-10-12-35/h3-8,13-14,29H,9-12H2,1-2H3,(H2,30,31,32,33,34). The summed E-state index contributed by atoms with van der Waals surface area (Å²) < 4.78 is 13.5. The number of benzene rings is 1. The fourth-order valence-electron chi connectivity index (χ4n) is 4.37. The van der Waals surface area contributed by atoms with Gasteiger partial charge in [-0.3, -0.25) is 9.59 Å². The van der Waals surface area contributed by atoms with Gasteiger partial charge in [0.15, 0.2) is 5.82 Å². The number of aromatic amines is 1. The third kappa shape index (κ3) is 4.90. The summed E-state index contributed by atoms with van der Waals surface area (Å²) in [6, 6.07) is 7.52. The molecule has 0 saturated carbocycles. The first-order chi connectivity index (χ1) is 17.8. The number of nitrogens with one attached hydrogen (secondary N) is 3. The van der Waals surface area contributed by atoms with E-state index in [1.54, 1.807) is 29.3 Å². The van der Waals surface area contributed by atoms with Crippen LogP contribution in [0, 0.1) is 5.82 Å². The third-order valence-corrected chi connectivity index (χ3v) is 6.54. The zero-order chi connectivity index (χ0) is 26.1. The van der Waals surface area contributed by atoms with Crippen LogP contribution in [0.2, 0.25) is 5.15 Å². The Hall–Kier alpha value is -3.89. The number of rotatable bonds is 6. The van der Waals surface area contributed by atoms with E-state index in [1.807, 2.05) is 13.8 Å². The number of hydrogen-bond acceptors (Lipinski definition) is 7. The van der Waals surface area contributed by atoms with E-state index in [2.05, 4.69) is 25.6 Å². The summed E-state index contributed by atoms with van der Waals surface area (Å²) in [5, 5.41) is 7.21. The fraction of sp³-hybridized carbons (Fsp3) is 0.269. The molecule has 37 heavy (non-hydrogen) atoms. The van der Waals surface area contributed by atoms with Gasteiger partial charge in [0.25, 0.3) is 11.7 Å². The molecular formula is C26H25ClFN7O2. The molecule has 1 aliphatic rings. The Morgan fingerprint density at radius 3 is 2.54 bits per heavy atom. The number of pyridine rings is 1. The minimum atomic E-state index is -0.610. The zero-order valence-corrected chi connectivity index (χ0v) is 21.1. The van der Waals surface area contributed by atoms with E-state index in [4.69, 9.17) is 16.6 Å². The maximum atomic E-state index is 13.5. The molecule has 0 bridgehead atoms. The van der Waals surface area contributed by atoms with Crippen LogP contribution in [0.5, 0.6) is 0 Å². The predicted molar refractivity (Wildman–Crippen MR) is 140 cm³/mol. The molecule has 3 N–H and O–H groups in total. The summed E-state index contributed by atoms with van der Waals surface area (Å²) in [7, 11) is 0. The number of piperazine rings is 1. The lowest BCUT2D eigenvalue weighted by atomic mass is 10.0. The van der Waals surface area contributed by atoms with E-state index in [0.717, 1.165) is 0 Å². The van der Waals surface area contributed by atoms with E-state index >= 15 is 0 Å². The topological polar surface area (TPSA) is 116 Å². The number of aromatic nitrogens is 4. The molecule has 0 atom stereocenters. The van der Waals surface area contributed by atoms with Crippen molar-refractivity contribution in [2.24, 2.45) is 0 Å². The molecule has 1 aromatic carbocycles. The van der Waals surface area contributed by atoms with Gasteiger partial charge >= 0.3 is 0 Å². The average Bonchev–Trinajstić information content (AvgIpc) is 3.33. The zero-order valence-electron chi connectivity index (χ0n) is 20.3. The monoisotopic (exact) mass is 521 g/mol. The van der Waals surface area contributed by atoms with Crippen LogP contribution in [-0.4, -0.2) is 62.7 Å². The molecule has 190 valence electrons. The predicted octanol–water partition coefficient (Wildman–Crippen LogP) is 4.29. The number of nitrogens with zero attached hydrogens (tertiary/aromatic N) is 4. The summed E-state index contributed by atoms with van der Waals surface area (Å²) in [5.74, 6) is -0.802. The number of amides is 1. The van der Waals surface area contributed by atoms with Crippen LogP contribution in [-0.2, 0) is 4.79 Å². The number of carbonyl (C=O) groups is 2. The second-order valence-corrected chi connectivity index (χ2v) is 9.40. The van der Waals surface area contributed by atoms with Crippen LogP contribution in [0.4, 0.5) is 15.9 Å². The molecule has 1 amide bonds. The number of halogens is 2. The third-order valence-electron chi connectivity index (χ3n) is 6.25. The lowest BCUT2D eigenvalue weighted by Crippen LogP contribution is -2.48. The van der Waals surface area contributed by atoms with Gasteiger partial charge in [-0.05, 0) is 36.2 Å². The van der Waals surface area contributed by atoms with Gasteiger partial charge < -0.3 is 20.5 Å². The normalized spacial score (nSPS) is 13.8. The lowest BCUT2D eigenvalue weighted by Gasteiger charge is -2.26. The molecular weight excluding hydrogens is 497 g/mol. The highest BCUT2D eigenvalue weighted by atomic mass is 35.5. The van der Waals surface area contributed by atoms with Gasteiger partial charge in [0.1, 0.15) is 22.4 Å². The molecule has 11 heteroatoms. The first kappa shape index (κ1) is 24.8. The maximum Gasteiger partial charge on any atom is 0.295 e. The molecule has 0 spiro atoms. The molecule has 0 radical (unpaired) electrons. The molecule has 0 aliphatic carbocycles.